The number of hydrogen-bond acceptors (Lipinski definition) is 5. The third-order valence-electron chi connectivity index (χ3n) is 2.79. The van der Waals surface area contributed by atoms with Crippen LogP contribution in [0, 0.1) is 0 Å². The number of aliphatic hydroxyl groups excluding tert-OH is 2. The first kappa shape index (κ1) is 18.5. The molecular weight excluding hydrogens is 310 g/mol. The van der Waals surface area contributed by atoms with Gasteiger partial charge in [0.05, 0.1) is 11.1 Å². The molecule has 0 radical (unpaired) electrons. The molecule has 22 heavy (non-hydrogen) atoms. The molecule has 2 atom stereocenters. The fourth-order valence-electron chi connectivity index (χ4n) is 1.72. The van der Waals surface area contributed by atoms with Gasteiger partial charge in [0.15, 0.2) is 0 Å². The summed E-state index contributed by atoms with van der Waals surface area (Å²) in [6, 6.07) is 4.19. The van der Waals surface area contributed by atoms with Crippen molar-refractivity contribution in [1.29, 1.82) is 0 Å². The minimum atomic E-state index is -1.17. The maximum Gasteiger partial charge on any atom is 0.407 e. The van der Waals surface area contributed by atoms with Crippen LogP contribution in [0.3, 0.4) is 0 Å². The van der Waals surface area contributed by atoms with E-state index in [-0.39, 0.29) is 23.7 Å². The minimum Gasteiger partial charge on any atom is -0.506 e. The van der Waals surface area contributed by atoms with Crippen LogP contribution in [0.2, 0.25) is 5.02 Å². The van der Waals surface area contributed by atoms with Crippen molar-refractivity contribution < 1.29 is 24.9 Å². The van der Waals surface area contributed by atoms with Gasteiger partial charge in [0, 0.05) is 6.54 Å². The van der Waals surface area contributed by atoms with Crippen LogP contribution in [0.1, 0.15) is 38.9 Å². The lowest BCUT2D eigenvalue weighted by Gasteiger charge is -2.21. The SMILES string of the molecule is CC(C)(C)OC(=O)NCCC(O)C(O)c1ccc(O)c(Cl)c1. The van der Waals surface area contributed by atoms with Gasteiger partial charge in [-0.05, 0) is 44.9 Å². The molecule has 1 aromatic rings. The summed E-state index contributed by atoms with van der Waals surface area (Å²) >= 11 is 5.75. The molecule has 6 nitrogen and oxygen atoms in total. The first-order chi connectivity index (χ1) is 10.1. The number of rotatable bonds is 5. The molecule has 124 valence electrons. The quantitative estimate of drug-likeness (QED) is 0.664. The van der Waals surface area contributed by atoms with E-state index in [0.717, 1.165) is 0 Å². The number of benzene rings is 1. The molecule has 0 bridgehead atoms. The Morgan fingerprint density at radius 1 is 1.36 bits per heavy atom. The van der Waals surface area contributed by atoms with Crippen molar-refractivity contribution in [3.63, 3.8) is 0 Å². The van der Waals surface area contributed by atoms with Gasteiger partial charge in [0.2, 0.25) is 0 Å². The average molecular weight is 332 g/mol. The van der Waals surface area contributed by atoms with Crippen LogP contribution >= 0.6 is 11.6 Å². The number of ether oxygens (including phenoxy) is 1. The highest BCUT2D eigenvalue weighted by atomic mass is 35.5. The molecule has 0 saturated carbocycles. The van der Waals surface area contributed by atoms with E-state index in [4.69, 9.17) is 16.3 Å². The van der Waals surface area contributed by atoms with Crippen molar-refractivity contribution in [3.05, 3.63) is 28.8 Å². The highest BCUT2D eigenvalue weighted by Crippen LogP contribution is 2.28. The standard InChI is InChI=1S/C15H22ClNO5/c1-15(2,3)22-14(21)17-7-6-12(19)13(20)9-4-5-11(18)10(16)8-9/h4-5,8,12-13,18-20H,6-7H2,1-3H3,(H,17,21). The van der Waals surface area contributed by atoms with Gasteiger partial charge in [-0.3, -0.25) is 0 Å². The summed E-state index contributed by atoms with van der Waals surface area (Å²) in [5.74, 6) is -0.0984. The van der Waals surface area contributed by atoms with Crippen LogP contribution in [0.5, 0.6) is 5.75 Å². The Morgan fingerprint density at radius 2 is 2.00 bits per heavy atom. The molecular formula is C15H22ClNO5. The monoisotopic (exact) mass is 331 g/mol. The van der Waals surface area contributed by atoms with Crippen LogP contribution in [0.15, 0.2) is 18.2 Å². The van der Waals surface area contributed by atoms with E-state index < -0.39 is 23.9 Å². The summed E-state index contributed by atoms with van der Waals surface area (Å²) < 4.78 is 5.05. The first-order valence-electron chi connectivity index (χ1n) is 6.91. The van der Waals surface area contributed by atoms with Gasteiger partial charge in [-0.15, -0.1) is 0 Å². The Labute approximate surface area is 134 Å². The minimum absolute atomic E-state index is 0.0932. The Bertz CT molecular complexity index is 515. The Morgan fingerprint density at radius 3 is 2.55 bits per heavy atom. The number of nitrogens with one attached hydrogen (secondary N) is 1. The van der Waals surface area contributed by atoms with Crippen molar-refractivity contribution in [2.24, 2.45) is 0 Å². The fraction of sp³-hybridized carbons (Fsp3) is 0.533. The lowest BCUT2D eigenvalue weighted by Crippen LogP contribution is -2.34. The van der Waals surface area contributed by atoms with Crippen LogP contribution in [0.25, 0.3) is 0 Å². The number of halogens is 1. The highest BCUT2D eigenvalue weighted by Gasteiger charge is 2.20. The second-order valence-electron chi connectivity index (χ2n) is 5.94. The Hall–Kier alpha value is -1.50. The molecule has 7 heteroatoms. The molecule has 0 aromatic heterocycles. The molecule has 0 spiro atoms. The third kappa shape index (κ3) is 6.09. The van der Waals surface area contributed by atoms with Gasteiger partial charge in [-0.25, -0.2) is 4.79 Å². The largest absolute Gasteiger partial charge is 0.506 e. The van der Waals surface area contributed by atoms with Gasteiger partial charge in [0.25, 0.3) is 0 Å². The molecule has 2 unspecified atom stereocenters. The molecule has 0 aliphatic rings. The molecule has 1 amide bonds. The summed E-state index contributed by atoms with van der Waals surface area (Å²) in [4.78, 5) is 11.4. The van der Waals surface area contributed by atoms with Gasteiger partial charge in [-0.1, -0.05) is 17.7 Å². The second kappa shape index (κ2) is 7.67. The van der Waals surface area contributed by atoms with E-state index in [1.54, 1.807) is 20.8 Å². The van der Waals surface area contributed by atoms with Crippen molar-refractivity contribution >= 4 is 17.7 Å². The molecule has 0 aliphatic carbocycles. The number of hydrogen-bond donors (Lipinski definition) is 4. The van der Waals surface area contributed by atoms with Gasteiger partial charge < -0.3 is 25.4 Å². The average Bonchev–Trinajstić information content (AvgIpc) is 2.38. The lowest BCUT2D eigenvalue weighted by atomic mass is 10.0. The predicted octanol–water partition coefficient (Wildman–Crippen LogP) is 2.35. The van der Waals surface area contributed by atoms with Crippen LogP contribution in [-0.4, -0.2) is 39.7 Å². The van der Waals surface area contributed by atoms with Crippen LogP contribution in [-0.2, 0) is 4.74 Å². The number of aliphatic hydroxyl groups is 2. The summed E-state index contributed by atoms with van der Waals surface area (Å²) in [7, 11) is 0. The van der Waals surface area contributed by atoms with E-state index in [1.165, 1.54) is 18.2 Å². The van der Waals surface area contributed by atoms with Crippen LogP contribution < -0.4 is 5.32 Å². The number of phenols is 1. The summed E-state index contributed by atoms with van der Waals surface area (Å²) in [5.41, 5.74) is -0.210. The number of amides is 1. The number of carbonyl (C=O) groups is 1. The predicted molar refractivity (Wildman–Crippen MR) is 82.9 cm³/mol. The Kier molecular flexibility index (Phi) is 6.47. The van der Waals surface area contributed by atoms with Gasteiger partial charge >= 0.3 is 6.09 Å². The zero-order valence-electron chi connectivity index (χ0n) is 12.8. The smallest absolute Gasteiger partial charge is 0.407 e. The fourth-order valence-corrected chi connectivity index (χ4v) is 1.91. The van der Waals surface area contributed by atoms with E-state index >= 15 is 0 Å². The van der Waals surface area contributed by atoms with Crippen molar-refractivity contribution in [3.8, 4) is 5.75 Å². The maximum atomic E-state index is 11.4. The van der Waals surface area contributed by atoms with Crippen LogP contribution in [0.4, 0.5) is 4.79 Å². The van der Waals surface area contributed by atoms with Crippen molar-refractivity contribution in [2.45, 2.75) is 45.0 Å². The molecule has 0 saturated heterocycles. The molecule has 4 N–H and O–H groups in total. The number of aromatic hydroxyl groups is 1. The van der Waals surface area contributed by atoms with Gasteiger partial charge in [0.1, 0.15) is 17.5 Å². The second-order valence-corrected chi connectivity index (χ2v) is 6.35. The topological polar surface area (TPSA) is 99.0 Å². The third-order valence-corrected chi connectivity index (χ3v) is 3.09. The molecule has 1 rings (SSSR count). The number of alkyl carbamates (subject to hydrolysis) is 1. The van der Waals surface area contributed by atoms with Crippen molar-refractivity contribution in [1.82, 2.24) is 5.32 Å². The number of carbonyl (C=O) groups excluding carboxylic acids is 1. The first-order valence-corrected chi connectivity index (χ1v) is 7.29. The summed E-state index contributed by atoms with van der Waals surface area (Å²) in [6.07, 6.45) is -2.70. The summed E-state index contributed by atoms with van der Waals surface area (Å²) in [6.45, 7) is 5.40. The summed E-state index contributed by atoms with van der Waals surface area (Å²) in [5, 5.41) is 31.9. The zero-order chi connectivity index (χ0) is 16.9. The van der Waals surface area contributed by atoms with Crippen molar-refractivity contribution in [2.75, 3.05) is 6.54 Å². The van der Waals surface area contributed by atoms with E-state index in [1.807, 2.05) is 0 Å². The normalized spacial score (nSPS) is 14.3. The van der Waals surface area contributed by atoms with E-state index in [0.29, 0.717) is 5.56 Å². The van der Waals surface area contributed by atoms with Gasteiger partial charge in [-0.2, -0.15) is 0 Å². The molecule has 0 heterocycles. The van der Waals surface area contributed by atoms with E-state index in [2.05, 4.69) is 5.32 Å². The highest BCUT2D eigenvalue weighted by molar-refractivity contribution is 6.32. The lowest BCUT2D eigenvalue weighted by molar-refractivity contribution is 0.0123. The Balaban J connectivity index is 2.46. The maximum absolute atomic E-state index is 11.4. The molecule has 0 aliphatic heterocycles. The van der Waals surface area contributed by atoms with E-state index in [9.17, 15) is 20.1 Å². The number of phenolic OH excluding ortho intramolecular Hbond substituents is 1. The zero-order valence-corrected chi connectivity index (χ0v) is 13.6. The molecule has 0 fully saturated rings. The molecule has 1 aromatic carbocycles.